The second kappa shape index (κ2) is 4.66. The predicted octanol–water partition coefficient (Wildman–Crippen LogP) is -0.311. The zero-order valence-electron chi connectivity index (χ0n) is 10.5. The molecule has 1 aromatic rings. The summed E-state index contributed by atoms with van der Waals surface area (Å²) < 4.78 is 0. The van der Waals surface area contributed by atoms with Gasteiger partial charge < -0.3 is 15.3 Å². The van der Waals surface area contributed by atoms with Crippen molar-refractivity contribution >= 4 is 11.8 Å². The molecule has 2 saturated heterocycles. The van der Waals surface area contributed by atoms with Crippen LogP contribution in [0.2, 0.25) is 0 Å². The lowest BCUT2D eigenvalue weighted by Gasteiger charge is -2.34. The first kappa shape index (κ1) is 12.2. The molecule has 2 heterocycles. The van der Waals surface area contributed by atoms with Crippen molar-refractivity contribution in [2.75, 3.05) is 6.54 Å². The molecule has 3 atom stereocenters. The van der Waals surface area contributed by atoms with Gasteiger partial charge in [-0.1, -0.05) is 30.3 Å². The summed E-state index contributed by atoms with van der Waals surface area (Å²) in [6.45, 7) is 0.266. The Morgan fingerprint density at radius 2 is 2.00 bits per heavy atom. The Labute approximate surface area is 111 Å². The summed E-state index contributed by atoms with van der Waals surface area (Å²) in [6, 6.07) is 8.59. The molecule has 2 N–H and O–H groups in total. The van der Waals surface area contributed by atoms with Crippen molar-refractivity contribution in [2.24, 2.45) is 0 Å². The number of aliphatic hydroxyl groups is 1. The first-order valence-electron chi connectivity index (χ1n) is 6.48. The number of piperazine rings is 1. The minimum atomic E-state index is -0.588. The molecule has 2 aliphatic heterocycles. The predicted molar refractivity (Wildman–Crippen MR) is 68.2 cm³/mol. The van der Waals surface area contributed by atoms with E-state index in [2.05, 4.69) is 5.32 Å². The number of amides is 2. The molecule has 2 aliphatic rings. The van der Waals surface area contributed by atoms with E-state index in [0.29, 0.717) is 12.8 Å². The molecule has 2 fully saturated rings. The van der Waals surface area contributed by atoms with Crippen LogP contribution in [-0.4, -0.2) is 46.6 Å². The van der Waals surface area contributed by atoms with Gasteiger partial charge in [0.05, 0.1) is 6.10 Å². The maximum absolute atomic E-state index is 12.3. The Bertz CT molecular complexity index is 503. The highest BCUT2D eigenvalue weighted by Gasteiger charge is 2.45. The lowest BCUT2D eigenvalue weighted by Crippen LogP contribution is -2.61. The van der Waals surface area contributed by atoms with Gasteiger partial charge in [-0.2, -0.15) is 0 Å². The first-order chi connectivity index (χ1) is 9.15. The monoisotopic (exact) mass is 260 g/mol. The minimum Gasteiger partial charge on any atom is -0.391 e. The lowest BCUT2D eigenvalue weighted by molar-refractivity contribution is -0.147. The second-order valence-corrected chi connectivity index (χ2v) is 5.15. The molecule has 2 amide bonds. The topological polar surface area (TPSA) is 69.6 Å². The summed E-state index contributed by atoms with van der Waals surface area (Å²) >= 11 is 0. The molecule has 0 saturated carbocycles. The maximum Gasteiger partial charge on any atom is 0.246 e. The molecule has 0 unspecified atom stereocenters. The molecule has 0 aliphatic carbocycles. The van der Waals surface area contributed by atoms with Crippen LogP contribution >= 0.6 is 0 Å². The number of aliphatic hydroxyl groups excluding tert-OH is 1. The second-order valence-electron chi connectivity index (χ2n) is 5.15. The van der Waals surface area contributed by atoms with E-state index in [0.717, 1.165) is 5.56 Å². The highest BCUT2D eigenvalue weighted by atomic mass is 16.3. The number of rotatable bonds is 2. The SMILES string of the molecule is O=C1N[C@H](Cc2ccccc2)C(=O)N2C[C@@H](O)C[C@@H]12. The van der Waals surface area contributed by atoms with E-state index in [-0.39, 0.29) is 18.4 Å². The van der Waals surface area contributed by atoms with Crippen molar-refractivity contribution < 1.29 is 14.7 Å². The zero-order chi connectivity index (χ0) is 13.4. The standard InChI is InChI=1S/C14H16N2O3/c17-10-7-12-13(18)15-11(14(19)16(12)8-10)6-9-4-2-1-3-5-9/h1-5,10-12,17H,6-8H2,(H,15,18)/t10-,11+,12-/m0/s1. The molecule has 1 aromatic carbocycles. The summed E-state index contributed by atoms with van der Waals surface area (Å²) in [5.41, 5.74) is 1.01. The van der Waals surface area contributed by atoms with Crippen LogP contribution < -0.4 is 5.32 Å². The van der Waals surface area contributed by atoms with Crippen LogP contribution in [0.4, 0.5) is 0 Å². The van der Waals surface area contributed by atoms with Crippen LogP contribution in [0.15, 0.2) is 30.3 Å². The van der Waals surface area contributed by atoms with Crippen LogP contribution in [0.3, 0.4) is 0 Å². The normalized spacial score (nSPS) is 30.2. The largest absolute Gasteiger partial charge is 0.391 e. The molecule has 0 aromatic heterocycles. The van der Waals surface area contributed by atoms with E-state index in [9.17, 15) is 14.7 Å². The quantitative estimate of drug-likeness (QED) is 0.766. The fourth-order valence-electron chi connectivity index (χ4n) is 2.82. The number of hydrogen-bond donors (Lipinski definition) is 2. The van der Waals surface area contributed by atoms with Crippen molar-refractivity contribution in [3.8, 4) is 0 Å². The Morgan fingerprint density at radius 3 is 2.74 bits per heavy atom. The van der Waals surface area contributed by atoms with Crippen LogP contribution in [0.1, 0.15) is 12.0 Å². The Kier molecular flexibility index (Phi) is 2.98. The van der Waals surface area contributed by atoms with E-state index in [4.69, 9.17) is 0 Å². The highest BCUT2D eigenvalue weighted by Crippen LogP contribution is 2.23. The fourth-order valence-corrected chi connectivity index (χ4v) is 2.82. The summed E-state index contributed by atoms with van der Waals surface area (Å²) in [5.74, 6) is -0.248. The van der Waals surface area contributed by atoms with Gasteiger partial charge in [0.15, 0.2) is 0 Å². The molecule has 0 spiro atoms. The number of hydrogen-bond acceptors (Lipinski definition) is 3. The molecule has 5 nitrogen and oxygen atoms in total. The average Bonchev–Trinajstić information content (AvgIpc) is 2.80. The summed E-state index contributed by atoms with van der Waals surface area (Å²) in [5, 5.41) is 12.4. The van der Waals surface area contributed by atoms with Crippen molar-refractivity contribution in [2.45, 2.75) is 31.0 Å². The van der Waals surface area contributed by atoms with Crippen LogP contribution in [-0.2, 0) is 16.0 Å². The van der Waals surface area contributed by atoms with Gasteiger partial charge in [0, 0.05) is 19.4 Å². The molecule has 0 bridgehead atoms. The minimum absolute atomic E-state index is 0.0926. The van der Waals surface area contributed by atoms with Gasteiger partial charge in [0.25, 0.3) is 0 Å². The maximum atomic E-state index is 12.3. The highest BCUT2D eigenvalue weighted by molar-refractivity contribution is 5.97. The van der Waals surface area contributed by atoms with E-state index < -0.39 is 18.2 Å². The van der Waals surface area contributed by atoms with Gasteiger partial charge in [-0.25, -0.2) is 0 Å². The van der Waals surface area contributed by atoms with Crippen molar-refractivity contribution in [1.29, 1.82) is 0 Å². The molecular weight excluding hydrogens is 244 g/mol. The Morgan fingerprint density at radius 1 is 1.26 bits per heavy atom. The smallest absolute Gasteiger partial charge is 0.246 e. The summed E-state index contributed by atoms with van der Waals surface area (Å²) in [7, 11) is 0. The fraction of sp³-hybridized carbons (Fsp3) is 0.429. The van der Waals surface area contributed by atoms with Gasteiger partial charge in [-0.05, 0) is 5.56 Å². The molecular formula is C14H16N2O3. The number of carbonyl (C=O) groups excluding carboxylic acids is 2. The van der Waals surface area contributed by atoms with Crippen molar-refractivity contribution in [3.63, 3.8) is 0 Å². The summed E-state index contributed by atoms with van der Waals surface area (Å²) in [4.78, 5) is 25.8. The third kappa shape index (κ3) is 2.21. The molecule has 19 heavy (non-hydrogen) atoms. The number of nitrogens with one attached hydrogen (secondary N) is 1. The zero-order valence-corrected chi connectivity index (χ0v) is 10.5. The number of carbonyl (C=O) groups is 2. The van der Waals surface area contributed by atoms with Crippen LogP contribution in [0.25, 0.3) is 0 Å². The molecule has 100 valence electrons. The number of fused-ring (bicyclic) bond motifs is 1. The molecule has 0 radical (unpaired) electrons. The van der Waals surface area contributed by atoms with Gasteiger partial charge in [-0.3, -0.25) is 9.59 Å². The number of nitrogens with zero attached hydrogens (tertiary/aromatic N) is 1. The third-order valence-corrected chi connectivity index (χ3v) is 3.76. The average molecular weight is 260 g/mol. The van der Waals surface area contributed by atoms with E-state index in [1.165, 1.54) is 4.90 Å². The Balaban J connectivity index is 1.77. The van der Waals surface area contributed by atoms with Gasteiger partial charge in [-0.15, -0.1) is 0 Å². The van der Waals surface area contributed by atoms with Gasteiger partial charge in [0.1, 0.15) is 12.1 Å². The first-order valence-corrected chi connectivity index (χ1v) is 6.48. The van der Waals surface area contributed by atoms with Crippen LogP contribution in [0, 0.1) is 0 Å². The van der Waals surface area contributed by atoms with Gasteiger partial charge in [0.2, 0.25) is 11.8 Å². The van der Waals surface area contributed by atoms with E-state index >= 15 is 0 Å². The molecule has 3 rings (SSSR count). The van der Waals surface area contributed by atoms with Gasteiger partial charge >= 0.3 is 0 Å². The third-order valence-electron chi connectivity index (χ3n) is 3.76. The molecule has 5 heteroatoms. The van der Waals surface area contributed by atoms with Crippen LogP contribution in [0.5, 0.6) is 0 Å². The van der Waals surface area contributed by atoms with E-state index in [1.54, 1.807) is 0 Å². The van der Waals surface area contributed by atoms with E-state index in [1.807, 2.05) is 30.3 Å². The Hall–Kier alpha value is -1.88. The van der Waals surface area contributed by atoms with Crippen molar-refractivity contribution in [1.82, 2.24) is 10.2 Å². The lowest BCUT2D eigenvalue weighted by atomic mass is 10.0. The number of benzene rings is 1. The van der Waals surface area contributed by atoms with Crippen molar-refractivity contribution in [3.05, 3.63) is 35.9 Å². The summed E-state index contributed by atoms with van der Waals surface area (Å²) in [6.07, 6.45) is 0.246.